The van der Waals surface area contributed by atoms with Gasteiger partial charge >= 0.3 is 18.2 Å². The fourth-order valence-electron chi connectivity index (χ4n) is 5.75. The van der Waals surface area contributed by atoms with E-state index in [1.807, 2.05) is 12.2 Å². The lowest BCUT2D eigenvalue weighted by Crippen LogP contribution is -2.55. The summed E-state index contributed by atoms with van der Waals surface area (Å²) in [6.45, 7) is 2.11. The first kappa shape index (κ1) is 33.5. The Hall–Kier alpha value is -4.82. The van der Waals surface area contributed by atoms with E-state index in [-0.39, 0.29) is 42.5 Å². The number of urea groups is 1. The average molecular weight is 659 g/mol. The van der Waals surface area contributed by atoms with Crippen LogP contribution >= 0.6 is 0 Å². The first-order chi connectivity index (χ1) is 22.2. The number of hydrogen-bond acceptors (Lipinski definition) is 7. The van der Waals surface area contributed by atoms with Crippen LogP contribution in [0, 0.1) is 12.8 Å². The number of methoxy groups -OCH3 is 1. The van der Waals surface area contributed by atoms with Crippen LogP contribution in [0.5, 0.6) is 11.5 Å². The number of rotatable bonds is 7. The summed E-state index contributed by atoms with van der Waals surface area (Å²) in [6, 6.07) is 4.18. The number of amides is 3. The molecule has 2 aromatic heterocycles. The number of alkyl halides is 3. The molecule has 15 heteroatoms. The van der Waals surface area contributed by atoms with Gasteiger partial charge in [0.2, 0.25) is 5.91 Å². The van der Waals surface area contributed by atoms with Crippen LogP contribution in [0.25, 0.3) is 22.3 Å². The molecular weight excluding hydrogens is 621 g/mol. The number of carbonyl (C=O) groups is 3. The van der Waals surface area contributed by atoms with Crippen molar-refractivity contribution in [2.75, 3.05) is 27.3 Å². The molecule has 1 aliphatic heterocycles. The van der Waals surface area contributed by atoms with E-state index in [1.54, 1.807) is 26.1 Å². The molecule has 3 unspecified atom stereocenters. The number of pyridine rings is 1. The fraction of sp³-hybridized carbons (Fsp3) is 0.469. The molecule has 12 nitrogen and oxygen atoms in total. The van der Waals surface area contributed by atoms with E-state index < -0.39 is 41.4 Å². The number of benzene rings is 1. The van der Waals surface area contributed by atoms with E-state index in [4.69, 9.17) is 9.47 Å². The van der Waals surface area contributed by atoms with Crippen molar-refractivity contribution >= 4 is 28.8 Å². The summed E-state index contributed by atoms with van der Waals surface area (Å²) in [7, 11) is 4.48. The molecule has 0 bridgehead atoms. The number of hydrogen-bond donors (Lipinski definition) is 3. The summed E-state index contributed by atoms with van der Waals surface area (Å²) >= 11 is 0. The molecule has 1 aromatic carbocycles. The SMILES string of the molecule is COc1ccc2c(OCCC3NC(=O)N(C)CCCC/C=C/C4CC4(C(=O)O)NC3=O)cc(-c3cc(C(F)(F)F)nn3C)nc2c1C. The normalized spacial score (nSPS) is 22.9. The molecule has 0 radical (unpaired) electrons. The minimum atomic E-state index is -4.66. The Bertz CT molecular complexity index is 1720. The number of carboxylic acids is 1. The summed E-state index contributed by atoms with van der Waals surface area (Å²) in [6.07, 6.45) is 1.55. The molecule has 3 heterocycles. The zero-order valence-corrected chi connectivity index (χ0v) is 26.5. The van der Waals surface area contributed by atoms with Crippen LogP contribution in [-0.4, -0.2) is 81.6 Å². The van der Waals surface area contributed by atoms with Crippen molar-refractivity contribution in [3.8, 4) is 22.9 Å². The summed E-state index contributed by atoms with van der Waals surface area (Å²) < 4.78 is 53.0. The smallest absolute Gasteiger partial charge is 0.435 e. The van der Waals surface area contributed by atoms with Gasteiger partial charge in [-0.25, -0.2) is 14.6 Å². The summed E-state index contributed by atoms with van der Waals surface area (Å²) in [5.74, 6) is -1.41. The van der Waals surface area contributed by atoms with Crippen LogP contribution < -0.4 is 20.1 Å². The number of aryl methyl sites for hydroxylation is 2. The van der Waals surface area contributed by atoms with E-state index in [9.17, 15) is 32.7 Å². The van der Waals surface area contributed by atoms with E-state index in [1.165, 1.54) is 25.1 Å². The standard InChI is InChI=1S/C32H37F3N6O6/c1-18-24(46-4)11-10-20-25(15-22(36-27(18)20)23-16-26(32(33,34)35)39-41(23)3)47-14-12-21-28(42)38-31(29(43)44)17-19(31)9-7-5-6-8-13-40(2)30(45)37-21/h7,9-11,15-16,19,21H,5-6,8,12-14,17H2,1-4H3,(H,37,45)(H,38,42)(H,43,44)/b9-7+. The Balaban J connectivity index is 1.44. The van der Waals surface area contributed by atoms with E-state index in [2.05, 4.69) is 20.7 Å². The molecule has 0 spiro atoms. The maximum absolute atomic E-state index is 13.5. The second kappa shape index (κ2) is 13.1. The Morgan fingerprint density at radius 1 is 1.17 bits per heavy atom. The highest BCUT2D eigenvalue weighted by atomic mass is 19.4. The number of fused-ring (bicyclic) bond motifs is 2. The van der Waals surface area contributed by atoms with Gasteiger partial charge in [0, 0.05) is 50.0 Å². The van der Waals surface area contributed by atoms with Crippen LogP contribution in [0.15, 0.2) is 36.4 Å². The number of carboxylic acid groups (broad SMARTS) is 1. The van der Waals surface area contributed by atoms with Crippen LogP contribution in [-0.2, 0) is 22.8 Å². The van der Waals surface area contributed by atoms with Crippen molar-refractivity contribution in [2.45, 2.75) is 56.8 Å². The van der Waals surface area contributed by atoms with Gasteiger partial charge < -0.3 is 30.1 Å². The second-order valence-electron chi connectivity index (χ2n) is 11.9. The van der Waals surface area contributed by atoms with E-state index >= 15 is 0 Å². The van der Waals surface area contributed by atoms with Crippen LogP contribution in [0.2, 0.25) is 0 Å². The Morgan fingerprint density at radius 2 is 1.94 bits per heavy atom. The minimum absolute atomic E-state index is 0.0418. The maximum atomic E-state index is 13.5. The molecule has 1 saturated carbocycles. The third kappa shape index (κ3) is 6.98. The van der Waals surface area contributed by atoms with Gasteiger partial charge in [-0.1, -0.05) is 12.2 Å². The van der Waals surface area contributed by atoms with Crippen LogP contribution in [0.1, 0.15) is 43.4 Å². The quantitative estimate of drug-likeness (QED) is 0.316. The van der Waals surface area contributed by atoms with E-state index in [0.717, 1.165) is 30.0 Å². The second-order valence-corrected chi connectivity index (χ2v) is 11.9. The molecule has 1 fully saturated rings. The van der Waals surface area contributed by atoms with Crippen molar-refractivity contribution in [1.29, 1.82) is 0 Å². The lowest BCUT2D eigenvalue weighted by molar-refractivity contribution is -0.143. The van der Waals surface area contributed by atoms with Crippen LogP contribution in [0.4, 0.5) is 18.0 Å². The van der Waals surface area contributed by atoms with Gasteiger partial charge in [0.15, 0.2) is 5.69 Å². The first-order valence-corrected chi connectivity index (χ1v) is 15.2. The molecule has 0 saturated heterocycles. The van der Waals surface area contributed by atoms with Crippen molar-refractivity contribution in [1.82, 2.24) is 30.3 Å². The molecular formula is C32H37F3N6O6. The lowest BCUT2D eigenvalue weighted by Gasteiger charge is -2.25. The highest BCUT2D eigenvalue weighted by molar-refractivity contribution is 5.94. The van der Waals surface area contributed by atoms with Crippen molar-refractivity contribution in [3.63, 3.8) is 0 Å². The molecule has 3 N–H and O–H groups in total. The third-order valence-corrected chi connectivity index (χ3v) is 8.65. The molecule has 3 atom stereocenters. The number of ether oxygens (including phenoxy) is 2. The molecule has 2 aliphatic rings. The highest BCUT2D eigenvalue weighted by Crippen LogP contribution is 2.45. The number of halogens is 3. The van der Waals surface area contributed by atoms with Crippen molar-refractivity contribution < 1.29 is 42.1 Å². The molecule has 5 rings (SSSR count). The number of aromatic nitrogens is 3. The molecule has 1 aliphatic carbocycles. The maximum Gasteiger partial charge on any atom is 0.435 e. The van der Waals surface area contributed by atoms with Gasteiger partial charge in [-0.15, -0.1) is 0 Å². The number of carbonyl (C=O) groups excluding carboxylic acids is 2. The lowest BCUT2D eigenvalue weighted by atomic mass is 10.1. The van der Waals surface area contributed by atoms with Crippen molar-refractivity contribution in [2.24, 2.45) is 13.0 Å². The number of nitrogens with zero attached hydrogens (tertiary/aromatic N) is 4. The minimum Gasteiger partial charge on any atom is -0.496 e. The molecule has 47 heavy (non-hydrogen) atoms. The van der Waals surface area contributed by atoms with Gasteiger partial charge in [-0.05, 0) is 50.8 Å². The van der Waals surface area contributed by atoms with Gasteiger partial charge in [-0.2, -0.15) is 18.3 Å². The summed E-state index contributed by atoms with van der Waals surface area (Å²) in [5.41, 5.74) is -1.22. The molecule has 3 amide bonds. The Morgan fingerprint density at radius 3 is 2.62 bits per heavy atom. The zero-order valence-electron chi connectivity index (χ0n) is 26.5. The third-order valence-electron chi connectivity index (χ3n) is 8.65. The van der Waals surface area contributed by atoms with Gasteiger partial charge in [0.25, 0.3) is 0 Å². The fourth-order valence-corrected chi connectivity index (χ4v) is 5.75. The Kier molecular flexibility index (Phi) is 9.36. The van der Waals surface area contributed by atoms with Gasteiger partial charge in [0.1, 0.15) is 23.1 Å². The highest BCUT2D eigenvalue weighted by Gasteiger charge is 2.60. The Labute approximate surface area is 268 Å². The average Bonchev–Trinajstić information content (AvgIpc) is 3.57. The zero-order chi connectivity index (χ0) is 34.1. The predicted molar refractivity (Wildman–Crippen MR) is 165 cm³/mol. The summed E-state index contributed by atoms with van der Waals surface area (Å²) in [5, 5.41) is 19.5. The number of nitrogens with one attached hydrogen (secondary N) is 2. The largest absolute Gasteiger partial charge is 0.496 e. The molecule has 3 aromatic rings. The first-order valence-electron chi connectivity index (χ1n) is 15.2. The number of aliphatic carboxylic acids is 1. The molecule has 252 valence electrons. The summed E-state index contributed by atoms with van der Waals surface area (Å²) in [4.78, 5) is 44.8. The topological polar surface area (TPSA) is 148 Å². The van der Waals surface area contributed by atoms with E-state index in [0.29, 0.717) is 28.8 Å². The van der Waals surface area contributed by atoms with Gasteiger partial charge in [-0.3, -0.25) is 9.48 Å². The van der Waals surface area contributed by atoms with Gasteiger partial charge in [0.05, 0.1) is 30.6 Å². The monoisotopic (exact) mass is 658 g/mol. The van der Waals surface area contributed by atoms with Crippen LogP contribution in [0.3, 0.4) is 0 Å². The number of allylic oxidation sites excluding steroid dienone is 1. The predicted octanol–water partition coefficient (Wildman–Crippen LogP) is 4.45. The van der Waals surface area contributed by atoms with Crippen molar-refractivity contribution in [3.05, 3.63) is 47.7 Å².